The fourth-order valence-electron chi connectivity index (χ4n) is 2.22. The van der Waals surface area contributed by atoms with Crippen LogP contribution in [0.3, 0.4) is 0 Å². The molecule has 1 amide bonds. The van der Waals surface area contributed by atoms with Gasteiger partial charge in [-0.05, 0) is 35.9 Å². The van der Waals surface area contributed by atoms with Crippen molar-refractivity contribution < 1.29 is 13.9 Å². The van der Waals surface area contributed by atoms with E-state index in [-0.39, 0.29) is 12.5 Å². The Morgan fingerprint density at radius 1 is 1.32 bits per heavy atom. The molecule has 0 saturated carbocycles. The lowest BCUT2D eigenvalue weighted by Crippen LogP contribution is -2.22. The third-order valence-electron chi connectivity index (χ3n) is 3.59. The number of ether oxygens (including phenoxy) is 1. The molecule has 0 radical (unpaired) electrons. The number of amides is 1. The van der Waals surface area contributed by atoms with E-state index >= 15 is 0 Å². The average molecular weight is 394 g/mol. The van der Waals surface area contributed by atoms with Crippen LogP contribution in [0.1, 0.15) is 11.1 Å². The molecule has 0 spiro atoms. The number of halogens is 2. The molecule has 2 aromatic rings. The maximum Gasteiger partial charge on any atom is 0.265 e. The number of thiocarbonyl (C=S) groups is 1. The molecule has 1 saturated heterocycles. The molecular formula is C18H13ClFNO2S2. The standard InChI is InChI=1S/C18H13ClFNO2S2/c1-21-17(22)16(25-18(21)24)9-11-4-2-5-12(8-11)23-10-13-14(19)6-3-7-15(13)20/h2-9H,10H2,1H3/b16-9-. The second-order valence-corrected chi connectivity index (χ2v) is 7.39. The Morgan fingerprint density at radius 2 is 2.08 bits per heavy atom. The third-order valence-corrected chi connectivity index (χ3v) is 5.43. The summed E-state index contributed by atoms with van der Waals surface area (Å²) in [6, 6.07) is 11.7. The van der Waals surface area contributed by atoms with Crippen molar-refractivity contribution in [2.24, 2.45) is 0 Å². The van der Waals surface area contributed by atoms with Gasteiger partial charge in [0, 0.05) is 12.6 Å². The van der Waals surface area contributed by atoms with Crippen LogP contribution in [0.4, 0.5) is 4.39 Å². The Hall–Kier alpha value is -1.89. The molecule has 0 aliphatic carbocycles. The average Bonchev–Trinajstić information content (AvgIpc) is 2.82. The molecule has 1 heterocycles. The molecule has 0 atom stereocenters. The lowest BCUT2D eigenvalue weighted by Gasteiger charge is -2.09. The van der Waals surface area contributed by atoms with Crippen molar-refractivity contribution in [1.29, 1.82) is 0 Å². The summed E-state index contributed by atoms with van der Waals surface area (Å²) in [6.07, 6.45) is 1.76. The molecule has 0 aromatic heterocycles. The number of hydrogen-bond acceptors (Lipinski definition) is 4. The summed E-state index contributed by atoms with van der Waals surface area (Å²) in [7, 11) is 1.65. The highest BCUT2D eigenvalue weighted by Gasteiger charge is 2.28. The Balaban J connectivity index is 1.76. The molecule has 1 aliphatic heterocycles. The van der Waals surface area contributed by atoms with Crippen LogP contribution < -0.4 is 4.74 Å². The zero-order valence-electron chi connectivity index (χ0n) is 13.2. The first-order chi connectivity index (χ1) is 12.0. The lowest BCUT2D eigenvalue weighted by molar-refractivity contribution is -0.121. The number of thioether (sulfide) groups is 1. The first-order valence-corrected chi connectivity index (χ1v) is 8.93. The number of likely N-dealkylation sites (N-methyl/N-ethyl adjacent to an activating group) is 1. The second kappa shape index (κ2) is 7.56. The summed E-state index contributed by atoms with van der Waals surface area (Å²) in [6.45, 7) is 0.0199. The van der Waals surface area contributed by atoms with Crippen LogP contribution in [0.5, 0.6) is 5.75 Å². The fourth-order valence-corrected chi connectivity index (χ4v) is 3.61. The van der Waals surface area contributed by atoms with Gasteiger partial charge in [0.05, 0.1) is 9.93 Å². The summed E-state index contributed by atoms with van der Waals surface area (Å²) < 4.78 is 20.0. The van der Waals surface area contributed by atoms with Crippen molar-refractivity contribution in [3.63, 3.8) is 0 Å². The molecule has 7 heteroatoms. The summed E-state index contributed by atoms with van der Waals surface area (Å²) in [5.41, 5.74) is 1.10. The Labute approximate surface area is 159 Å². The van der Waals surface area contributed by atoms with E-state index in [2.05, 4.69) is 0 Å². The summed E-state index contributed by atoms with van der Waals surface area (Å²) in [5.74, 6) is 0.0229. The number of rotatable bonds is 4. The largest absolute Gasteiger partial charge is 0.489 e. The van der Waals surface area contributed by atoms with Crippen molar-refractivity contribution in [3.05, 3.63) is 69.3 Å². The molecule has 2 aromatic carbocycles. The monoisotopic (exact) mass is 393 g/mol. The lowest BCUT2D eigenvalue weighted by atomic mass is 10.2. The first kappa shape index (κ1) is 17.9. The van der Waals surface area contributed by atoms with E-state index in [1.807, 2.05) is 6.07 Å². The minimum Gasteiger partial charge on any atom is -0.489 e. The highest BCUT2D eigenvalue weighted by Crippen LogP contribution is 2.32. The normalized spacial score (nSPS) is 16.0. The van der Waals surface area contributed by atoms with Crippen LogP contribution >= 0.6 is 35.6 Å². The summed E-state index contributed by atoms with van der Waals surface area (Å²) in [4.78, 5) is 14.0. The van der Waals surface area contributed by atoms with Crippen LogP contribution in [0.15, 0.2) is 47.4 Å². The van der Waals surface area contributed by atoms with Crippen LogP contribution in [-0.4, -0.2) is 22.2 Å². The first-order valence-electron chi connectivity index (χ1n) is 7.33. The molecule has 0 unspecified atom stereocenters. The van der Waals surface area contributed by atoms with Crippen LogP contribution in [0.25, 0.3) is 6.08 Å². The van der Waals surface area contributed by atoms with Gasteiger partial charge in [-0.1, -0.05) is 53.8 Å². The van der Waals surface area contributed by atoms with Gasteiger partial charge in [0.2, 0.25) is 0 Å². The number of hydrogen-bond donors (Lipinski definition) is 0. The Bertz CT molecular complexity index is 865. The molecule has 0 bridgehead atoms. The predicted octanol–water partition coefficient (Wildman–Crippen LogP) is 4.89. The topological polar surface area (TPSA) is 29.5 Å². The van der Waals surface area contributed by atoms with Gasteiger partial charge in [0.1, 0.15) is 22.5 Å². The summed E-state index contributed by atoms with van der Waals surface area (Å²) in [5, 5.41) is 0.322. The maximum atomic E-state index is 13.8. The molecule has 128 valence electrons. The highest BCUT2D eigenvalue weighted by molar-refractivity contribution is 8.26. The molecule has 25 heavy (non-hydrogen) atoms. The van der Waals surface area contributed by atoms with Crippen molar-refractivity contribution in [1.82, 2.24) is 4.90 Å². The number of nitrogens with zero attached hydrogens (tertiary/aromatic N) is 1. The van der Waals surface area contributed by atoms with Crippen LogP contribution in [-0.2, 0) is 11.4 Å². The second-order valence-electron chi connectivity index (χ2n) is 5.30. The molecule has 1 aliphatic rings. The van der Waals surface area contributed by atoms with Crippen molar-refractivity contribution in [2.75, 3.05) is 7.05 Å². The molecule has 3 nitrogen and oxygen atoms in total. The van der Waals surface area contributed by atoms with E-state index in [0.29, 0.717) is 25.6 Å². The quantitative estimate of drug-likeness (QED) is 0.546. The van der Waals surface area contributed by atoms with Gasteiger partial charge in [0.15, 0.2) is 0 Å². The SMILES string of the molecule is CN1C(=O)/C(=C/c2cccc(OCc3c(F)cccc3Cl)c2)SC1=S. The fraction of sp³-hybridized carbons (Fsp3) is 0.111. The van der Waals surface area contributed by atoms with E-state index in [9.17, 15) is 9.18 Å². The zero-order chi connectivity index (χ0) is 18.0. The van der Waals surface area contributed by atoms with Crippen LogP contribution in [0.2, 0.25) is 5.02 Å². The number of carbonyl (C=O) groups excluding carboxylic acids is 1. The van der Waals surface area contributed by atoms with Crippen molar-refractivity contribution in [3.8, 4) is 5.75 Å². The van der Waals surface area contributed by atoms with Gasteiger partial charge in [-0.15, -0.1) is 0 Å². The number of benzene rings is 2. The molecule has 1 fully saturated rings. The van der Waals surface area contributed by atoms with E-state index in [1.165, 1.54) is 22.7 Å². The zero-order valence-corrected chi connectivity index (χ0v) is 15.6. The van der Waals surface area contributed by atoms with Gasteiger partial charge in [0.25, 0.3) is 5.91 Å². The van der Waals surface area contributed by atoms with Gasteiger partial charge < -0.3 is 4.74 Å². The Kier molecular flexibility index (Phi) is 5.42. The highest BCUT2D eigenvalue weighted by atomic mass is 35.5. The molecule has 3 rings (SSSR count). The van der Waals surface area contributed by atoms with Gasteiger partial charge >= 0.3 is 0 Å². The Morgan fingerprint density at radius 3 is 2.76 bits per heavy atom. The predicted molar refractivity (Wildman–Crippen MR) is 103 cm³/mol. The van der Waals surface area contributed by atoms with Gasteiger partial charge in [-0.25, -0.2) is 4.39 Å². The van der Waals surface area contributed by atoms with Gasteiger partial charge in [-0.3, -0.25) is 9.69 Å². The smallest absolute Gasteiger partial charge is 0.265 e. The van der Waals surface area contributed by atoms with Crippen molar-refractivity contribution in [2.45, 2.75) is 6.61 Å². The van der Waals surface area contributed by atoms with Crippen LogP contribution in [0, 0.1) is 5.82 Å². The minimum atomic E-state index is -0.407. The minimum absolute atomic E-state index is 0.0199. The van der Waals surface area contributed by atoms with E-state index in [1.54, 1.807) is 43.5 Å². The molecular weight excluding hydrogens is 381 g/mol. The van der Waals surface area contributed by atoms with E-state index in [0.717, 1.165) is 5.56 Å². The summed E-state index contributed by atoms with van der Waals surface area (Å²) >= 11 is 12.4. The maximum absolute atomic E-state index is 13.8. The van der Waals surface area contributed by atoms with E-state index < -0.39 is 5.82 Å². The third kappa shape index (κ3) is 4.03. The van der Waals surface area contributed by atoms with Crippen molar-refractivity contribution >= 4 is 51.9 Å². The van der Waals surface area contributed by atoms with E-state index in [4.69, 9.17) is 28.6 Å². The van der Waals surface area contributed by atoms with Gasteiger partial charge in [-0.2, -0.15) is 0 Å². The number of carbonyl (C=O) groups is 1. The molecule has 0 N–H and O–H groups in total.